The molecule has 0 spiro atoms. The molecular formula is C15H24N2O2. The van der Waals surface area contributed by atoms with Gasteiger partial charge in [0.05, 0.1) is 6.61 Å². The summed E-state index contributed by atoms with van der Waals surface area (Å²) in [7, 11) is 3.48. The molecule has 1 atom stereocenters. The Morgan fingerprint density at radius 3 is 2.32 bits per heavy atom. The molecule has 0 fully saturated rings. The first kappa shape index (κ1) is 15.5. The summed E-state index contributed by atoms with van der Waals surface area (Å²) in [5, 5.41) is 12.6. The summed E-state index contributed by atoms with van der Waals surface area (Å²) in [6, 6.07) is 7.41. The second-order valence-electron chi connectivity index (χ2n) is 5.45. The van der Waals surface area contributed by atoms with Crippen LogP contribution in [0.15, 0.2) is 24.3 Å². The average molecular weight is 264 g/mol. The van der Waals surface area contributed by atoms with Gasteiger partial charge in [-0.25, -0.2) is 0 Å². The van der Waals surface area contributed by atoms with Crippen molar-refractivity contribution < 1.29 is 9.90 Å². The van der Waals surface area contributed by atoms with Gasteiger partial charge in [-0.1, -0.05) is 13.8 Å². The highest BCUT2D eigenvalue weighted by Gasteiger charge is 2.20. The molecule has 0 saturated carbocycles. The third-order valence-corrected chi connectivity index (χ3v) is 3.49. The second-order valence-corrected chi connectivity index (χ2v) is 5.45. The molecule has 0 heterocycles. The third kappa shape index (κ3) is 4.24. The summed E-state index contributed by atoms with van der Waals surface area (Å²) in [6.07, 6.45) is 0.910. The van der Waals surface area contributed by atoms with Crippen LogP contribution in [0.2, 0.25) is 0 Å². The number of hydrogen-bond donors (Lipinski definition) is 2. The summed E-state index contributed by atoms with van der Waals surface area (Å²) < 4.78 is 0. The topological polar surface area (TPSA) is 52.6 Å². The first-order valence-corrected chi connectivity index (χ1v) is 6.58. The number of carbonyl (C=O) groups excluding carboxylic acids is 1. The van der Waals surface area contributed by atoms with E-state index in [1.54, 1.807) is 19.0 Å². The number of carbonyl (C=O) groups is 1. The van der Waals surface area contributed by atoms with Gasteiger partial charge in [0.25, 0.3) is 5.91 Å². The number of amides is 1. The van der Waals surface area contributed by atoms with E-state index in [9.17, 15) is 9.90 Å². The maximum absolute atomic E-state index is 11.7. The van der Waals surface area contributed by atoms with Crippen molar-refractivity contribution in [1.29, 1.82) is 0 Å². The van der Waals surface area contributed by atoms with Gasteiger partial charge in [-0.3, -0.25) is 4.79 Å². The van der Waals surface area contributed by atoms with Crippen molar-refractivity contribution in [2.75, 3.05) is 32.6 Å². The van der Waals surface area contributed by atoms with E-state index in [4.69, 9.17) is 0 Å². The van der Waals surface area contributed by atoms with Crippen LogP contribution in [0.3, 0.4) is 0 Å². The van der Waals surface area contributed by atoms with Gasteiger partial charge in [0.1, 0.15) is 0 Å². The van der Waals surface area contributed by atoms with Crippen molar-refractivity contribution in [2.45, 2.75) is 20.3 Å². The van der Waals surface area contributed by atoms with Crippen LogP contribution in [0.25, 0.3) is 0 Å². The van der Waals surface area contributed by atoms with Crippen LogP contribution in [-0.4, -0.2) is 43.2 Å². The van der Waals surface area contributed by atoms with E-state index in [0.717, 1.165) is 12.1 Å². The van der Waals surface area contributed by atoms with E-state index in [1.165, 1.54) is 0 Å². The van der Waals surface area contributed by atoms with Crippen LogP contribution in [-0.2, 0) is 0 Å². The summed E-state index contributed by atoms with van der Waals surface area (Å²) in [6.45, 7) is 4.98. The van der Waals surface area contributed by atoms with Gasteiger partial charge in [0, 0.05) is 37.3 Å². The van der Waals surface area contributed by atoms with Gasteiger partial charge in [-0.2, -0.15) is 0 Å². The van der Waals surface area contributed by atoms with Gasteiger partial charge >= 0.3 is 0 Å². The molecule has 19 heavy (non-hydrogen) atoms. The molecule has 0 saturated heterocycles. The Morgan fingerprint density at radius 1 is 1.32 bits per heavy atom. The third-order valence-electron chi connectivity index (χ3n) is 3.49. The van der Waals surface area contributed by atoms with E-state index in [0.29, 0.717) is 12.1 Å². The number of anilines is 1. The number of rotatable bonds is 6. The van der Waals surface area contributed by atoms with Gasteiger partial charge in [-0.05, 0) is 30.7 Å². The Kier molecular flexibility index (Phi) is 5.36. The summed E-state index contributed by atoms with van der Waals surface area (Å²) in [4.78, 5) is 13.3. The second kappa shape index (κ2) is 6.57. The number of nitrogens with zero attached hydrogens (tertiary/aromatic N) is 1. The van der Waals surface area contributed by atoms with Crippen molar-refractivity contribution in [3.05, 3.63) is 29.8 Å². The number of hydrogen-bond acceptors (Lipinski definition) is 3. The molecule has 4 nitrogen and oxygen atoms in total. The van der Waals surface area contributed by atoms with Crippen molar-refractivity contribution in [3.63, 3.8) is 0 Å². The number of nitrogens with one attached hydrogen (secondary N) is 1. The molecule has 1 unspecified atom stereocenters. The predicted molar refractivity (Wildman–Crippen MR) is 78.4 cm³/mol. The van der Waals surface area contributed by atoms with E-state index >= 15 is 0 Å². The number of aliphatic hydroxyl groups is 1. The lowest BCUT2D eigenvalue weighted by Gasteiger charge is -2.26. The zero-order chi connectivity index (χ0) is 14.5. The smallest absolute Gasteiger partial charge is 0.253 e. The first-order valence-electron chi connectivity index (χ1n) is 6.58. The monoisotopic (exact) mass is 264 g/mol. The fourth-order valence-electron chi connectivity index (χ4n) is 1.60. The minimum atomic E-state index is -0.113. The zero-order valence-electron chi connectivity index (χ0n) is 12.2. The Morgan fingerprint density at radius 2 is 1.89 bits per heavy atom. The standard InChI is InChI=1S/C15H24N2O2/c1-5-15(2,11-18)10-16-13-8-6-12(7-9-13)14(19)17(3)4/h6-9,16,18H,5,10-11H2,1-4H3. The van der Waals surface area contributed by atoms with Gasteiger partial charge in [-0.15, -0.1) is 0 Å². The minimum absolute atomic E-state index is 0.000282. The molecule has 0 aromatic heterocycles. The highest BCUT2D eigenvalue weighted by Crippen LogP contribution is 2.21. The Hall–Kier alpha value is -1.55. The maximum Gasteiger partial charge on any atom is 0.253 e. The molecule has 0 bridgehead atoms. The van der Waals surface area contributed by atoms with E-state index in [-0.39, 0.29) is 17.9 Å². The van der Waals surface area contributed by atoms with Crippen molar-refractivity contribution >= 4 is 11.6 Å². The molecule has 0 radical (unpaired) electrons. The molecule has 106 valence electrons. The average Bonchev–Trinajstić information content (AvgIpc) is 2.44. The molecule has 2 N–H and O–H groups in total. The van der Waals surface area contributed by atoms with Crippen LogP contribution in [0, 0.1) is 5.41 Å². The molecule has 1 amide bonds. The maximum atomic E-state index is 11.7. The van der Waals surface area contributed by atoms with E-state index in [2.05, 4.69) is 12.2 Å². The Labute approximate surface area is 115 Å². The lowest BCUT2D eigenvalue weighted by Crippen LogP contribution is -2.29. The minimum Gasteiger partial charge on any atom is -0.396 e. The Balaban J connectivity index is 2.65. The SMILES string of the molecule is CCC(C)(CO)CNc1ccc(C(=O)N(C)C)cc1. The van der Waals surface area contributed by atoms with Crippen LogP contribution in [0.1, 0.15) is 30.6 Å². The molecule has 4 heteroatoms. The molecule has 1 aromatic rings. The van der Waals surface area contributed by atoms with Gasteiger partial charge in [0.15, 0.2) is 0 Å². The van der Waals surface area contributed by atoms with E-state index in [1.807, 2.05) is 31.2 Å². The summed E-state index contributed by atoms with van der Waals surface area (Å²) >= 11 is 0. The first-order chi connectivity index (χ1) is 8.91. The molecular weight excluding hydrogens is 240 g/mol. The van der Waals surface area contributed by atoms with Crippen LogP contribution in [0.4, 0.5) is 5.69 Å². The van der Waals surface area contributed by atoms with Crippen molar-refractivity contribution in [1.82, 2.24) is 4.90 Å². The summed E-state index contributed by atoms with van der Waals surface area (Å²) in [5.74, 6) is 0.000282. The lowest BCUT2D eigenvalue weighted by molar-refractivity contribution is 0.0827. The lowest BCUT2D eigenvalue weighted by atomic mass is 9.88. The molecule has 0 aliphatic heterocycles. The molecule has 1 rings (SSSR count). The van der Waals surface area contributed by atoms with Gasteiger partial charge in [0.2, 0.25) is 0 Å². The normalized spacial score (nSPS) is 13.7. The molecule has 0 aliphatic carbocycles. The fraction of sp³-hybridized carbons (Fsp3) is 0.533. The van der Waals surface area contributed by atoms with Crippen molar-refractivity contribution in [3.8, 4) is 0 Å². The van der Waals surface area contributed by atoms with E-state index < -0.39 is 0 Å². The highest BCUT2D eigenvalue weighted by atomic mass is 16.3. The highest BCUT2D eigenvalue weighted by molar-refractivity contribution is 5.94. The summed E-state index contributed by atoms with van der Waals surface area (Å²) in [5.41, 5.74) is 1.53. The zero-order valence-corrected chi connectivity index (χ0v) is 12.2. The van der Waals surface area contributed by atoms with Crippen LogP contribution in [0.5, 0.6) is 0 Å². The van der Waals surface area contributed by atoms with Crippen molar-refractivity contribution in [2.24, 2.45) is 5.41 Å². The largest absolute Gasteiger partial charge is 0.396 e. The Bertz CT molecular complexity index is 409. The number of benzene rings is 1. The quantitative estimate of drug-likeness (QED) is 0.828. The van der Waals surface area contributed by atoms with Crippen LogP contribution < -0.4 is 5.32 Å². The van der Waals surface area contributed by atoms with Gasteiger partial charge < -0.3 is 15.3 Å². The number of aliphatic hydroxyl groups excluding tert-OH is 1. The molecule has 1 aromatic carbocycles. The predicted octanol–water partition coefficient (Wildman–Crippen LogP) is 2.21. The molecule has 0 aliphatic rings. The fourth-order valence-corrected chi connectivity index (χ4v) is 1.60. The van der Waals surface area contributed by atoms with Crippen LogP contribution >= 0.6 is 0 Å².